The number of aromatic nitrogens is 1. The van der Waals surface area contributed by atoms with Crippen LogP contribution in [0.5, 0.6) is 11.5 Å². The van der Waals surface area contributed by atoms with Crippen molar-refractivity contribution in [2.24, 2.45) is 0 Å². The minimum atomic E-state index is -0.989. The number of ketones is 1. The van der Waals surface area contributed by atoms with E-state index >= 15 is 0 Å². The molecule has 2 aliphatic heterocycles. The van der Waals surface area contributed by atoms with E-state index in [-0.39, 0.29) is 17.4 Å². The van der Waals surface area contributed by atoms with Crippen molar-refractivity contribution in [2.75, 3.05) is 18.6 Å². The molecule has 0 radical (unpaired) electrons. The number of anilines is 1. The maximum absolute atomic E-state index is 13.6. The van der Waals surface area contributed by atoms with Crippen LogP contribution in [0.1, 0.15) is 46.9 Å². The average Bonchev–Trinajstić information content (AvgIpc) is 3.64. The SMILES string of the molecule is CCOc1ccc2nc(N3C(=O)C(=O)C(=C(O)c4ccc5c(c4)C[C@@H](C)O5)[C@@H]3c3ccc(C(=O)OC)cc3)sc2c1. The molecule has 1 saturated heterocycles. The lowest BCUT2D eigenvalue weighted by atomic mass is 9.94. The first-order chi connectivity index (χ1) is 19.8. The van der Waals surface area contributed by atoms with Crippen LogP contribution in [-0.4, -0.2) is 47.6 Å². The summed E-state index contributed by atoms with van der Waals surface area (Å²) in [5.41, 5.74) is 2.72. The Balaban J connectivity index is 1.50. The van der Waals surface area contributed by atoms with Gasteiger partial charge < -0.3 is 19.3 Å². The zero-order chi connectivity index (χ0) is 28.8. The highest BCUT2D eigenvalue weighted by Gasteiger charge is 2.48. The number of aliphatic hydroxyl groups is 1. The van der Waals surface area contributed by atoms with Crippen molar-refractivity contribution >= 4 is 50.1 Å². The molecule has 3 aromatic carbocycles. The van der Waals surface area contributed by atoms with E-state index in [2.05, 4.69) is 4.98 Å². The molecule has 208 valence electrons. The highest BCUT2D eigenvalue weighted by atomic mass is 32.1. The third-order valence-electron chi connectivity index (χ3n) is 7.13. The molecule has 3 heterocycles. The Bertz CT molecular complexity index is 1740. The van der Waals surface area contributed by atoms with Crippen molar-refractivity contribution in [1.82, 2.24) is 4.98 Å². The molecule has 6 rings (SSSR count). The summed E-state index contributed by atoms with van der Waals surface area (Å²) in [5, 5.41) is 11.8. The van der Waals surface area contributed by atoms with E-state index in [1.165, 1.54) is 23.3 Å². The third-order valence-corrected chi connectivity index (χ3v) is 8.14. The number of rotatable bonds is 6. The van der Waals surface area contributed by atoms with Crippen molar-refractivity contribution in [2.45, 2.75) is 32.4 Å². The highest BCUT2D eigenvalue weighted by molar-refractivity contribution is 7.22. The van der Waals surface area contributed by atoms with Gasteiger partial charge in [-0.25, -0.2) is 9.78 Å². The van der Waals surface area contributed by atoms with E-state index < -0.39 is 23.7 Å². The minimum Gasteiger partial charge on any atom is -0.507 e. The Morgan fingerprint density at radius 1 is 1.10 bits per heavy atom. The molecule has 41 heavy (non-hydrogen) atoms. The zero-order valence-electron chi connectivity index (χ0n) is 22.5. The molecule has 0 unspecified atom stereocenters. The molecule has 0 spiro atoms. The van der Waals surface area contributed by atoms with E-state index in [0.29, 0.717) is 46.1 Å². The van der Waals surface area contributed by atoms with Gasteiger partial charge in [0.2, 0.25) is 0 Å². The second-order valence-electron chi connectivity index (χ2n) is 9.80. The summed E-state index contributed by atoms with van der Waals surface area (Å²) in [6.07, 6.45) is 0.669. The summed E-state index contributed by atoms with van der Waals surface area (Å²) in [6, 6.07) is 16.1. The summed E-state index contributed by atoms with van der Waals surface area (Å²) in [4.78, 5) is 45.2. The summed E-state index contributed by atoms with van der Waals surface area (Å²) in [6.45, 7) is 4.35. The number of hydrogen-bond acceptors (Lipinski definition) is 9. The summed E-state index contributed by atoms with van der Waals surface area (Å²) in [5.74, 6) is -1.06. The lowest BCUT2D eigenvalue weighted by Crippen LogP contribution is -2.29. The number of Topliss-reactive ketones (excluding diaryl/α,β-unsaturated/α-hetero) is 1. The monoisotopic (exact) mass is 570 g/mol. The number of carbonyl (C=O) groups is 3. The largest absolute Gasteiger partial charge is 0.507 e. The molecule has 2 atom stereocenters. The van der Waals surface area contributed by atoms with Crippen molar-refractivity contribution in [3.63, 3.8) is 0 Å². The van der Waals surface area contributed by atoms with E-state index in [1.807, 2.05) is 19.9 Å². The molecule has 0 bridgehead atoms. The van der Waals surface area contributed by atoms with Crippen LogP contribution in [0.2, 0.25) is 0 Å². The molecule has 0 aliphatic carbocycles. The number of methoxy groups -OCH3 is 1. The highest BCUT2D eigenvalue weighted by Crippen LogP contribution is 2.45. The number of nitrogens with zero attached hydrogens (tertiary/aromatic N) is 2. The van der Waals surface area contributed by atoms with Crippen molar-refractivity contribution in [1.29, 1.82) is 0 Å². The quantitative estimate of drug-likeness (QED) is 0.141. The average molecular weight is 571 g/mol. The number of carbonyl (C=O) groups excluding carboxylic acids is 3. The van der Waals surface area contributed by atoms with Gasteiger partial charge >= 0.3 is 11.9 Å². The smallest absolute Gasteiger partial charge is 0.337 e. The maximum atomic E-state index is 13.6. The second kappa shape index (κ2) is 10.4. The van der Waals surface area contributed by atoms with E-state index in [9.17, 15) is 19.5 Å². The molecule has 10 heteroatoms. The van der Waals surface area contributed by atoms with Gasteiger partial charge in [0.15, 0.2) is 5.13 Å². The molecule has 2 aliphatic rings. The number of hydrogen-bond donors (Lipinski definition) is 1. The number of esters is 1. The Labute approximate surface area is 239 Å². The van der Waals surface area contributed by atoms with Gasteiger partial charge in [0.1, 0.15) is 23.4 Å². The Hall–Kier alpha value is -4.70. The number of amides is 1. The molecular weight excluding hydrogens is 544 g/mol. The van der Waals surface area contributed by atoms with Crippen LogP contribution in [0.4, 0.5) is 5.13 Å². The fourth-order valence-corrected chi connectivity index (χ4v) is 6.26. The predicted molar refractivity (Wildman–Crippen MR) is 154 cm³/mol. The van der Waals surface area contributed by atoms with Crippen LogP contribution in [0.3, 0.4) is 0 Å². The standard InChI is InChI=1S/C31H26N2O7S/c1-4-39-21-10-11-22-24(15-21)41-31(32-22)33-26(17-5-7-18(8-6-17)30(37)38-3)25(28(35)29(33)36)27(34)19-9-12-23-20(14-19)13-16(2)40-23/h5-12,14-16,26,34H,4,13H2,1-3H3/t16-,26+/m1/s1. The van der Waals surface area contributed by atoms with Crippen LogP contribution >= 0.6 is 11.3 Å². The molecule has 4 aromatic rings. The first-order valence-electron chi connectivity index (χ1n) is 13.1. The maximum Gasteiger partial charge on any atom is 0.337 e. The van der Waals surface area contributed by atoms with Crippen molar-refractivity contribution in [3.05, 3.63) is 88.5 Å². The molecule has 1 amide bonds. The van der Waals surface area contributed by atoms with Gasteiger partial charge in [0, 0.05) is 12.0 Å². The summed E-state index contributed by atoms with van der Waals surface area (Å²) < 4.78 is 17.0. The van der Waals surface area contributed by atoms with Crippen LogP contribution in [0.15, 0.2) is 66.2 Å². The second-order valence-corrected chi connectivity index (χ2v) is 10.8. The number of benzene rings is 3. The number of fused-ring (bicyclic) bond motifs is 2. The van der Waals surface area contributed by atoms with Gasteiger partial charge in [-0.05, 0) is 73.5 Å². The third kappa shape index (κ3) is 4.59. The minimum absolute atomic E-state index is 0.00331. The van der Waals surface area contributed by atoms with E-state index in [4.69, 9.17) is 14.2 Å². The van der Waals surface area contributed by atoms with Gasteiger partial charge in [-0.1, -0.05) is 23.5 Å². The molecule has 0 saturated carbocycles. The van der Waals surface area contributed by atoms with Gasteiger partial charge in [0.25, 0.3) is 5.78 Å². The Kier molecular flexibility index (Phi) is 6.70. The van der Waals surface area contributed by atoms with Crippen LogP contribution < -0.4 is 14.4 Å². The molecule has 1 aromatic heterocycles. The molecule has 1 fully saturated rings. The molecular formula is C31H26N2O7S. The summed E-state index contributed by atoms with van der Waals surface area (Å²) in [7, 11) is 1.29. The fourth-order valence-electron chi connectivity index (χ4n) is 5.24. The van der Waals surface area contributed by atoms with Gasteiger partial charge in [-0.15, -0.1) is 0 Å². The van der Waals surface area contributed by atoms with Crippen LogP contribution in [-0.2, 0) is 20.7 Å². The fraction of sp³-hybridized carbons (Fsp3) is 0.226. The number of thiazole rings is 1. The topological polar surface area (TPSA) is 115 Å². The first kappa shape index (κ1) is 26.5. The van der Waals surface area contributed by atoms with Gasteiger partial charge in [-0.2, -0.15) is 0 Å². The predicted octanol–water partition coefficient (Wildman–Crippen LogP) is 5.43. The Morgan fingerprint density at radius 3 is 2.59 bits per heavy atom. The number of aliphatic hydroxyl groups excluding tert-OH is 1. The lowest BCUT2D eigenvalue weighted by molar-refractivity contribution is -0.132. The number of ether oxygens (including phenoxy) is 3. The van der Waals surface area contributed by atoms with Gasteiger partial charge in [-0.3, -0.25) is 14.5 Å². The summed E-state index contributed by atoms with van der Waals surface area (Å²) >= 11 is 1.24. The van der Waals surface area contributed by atoms with E-state index in [0.717, 1.165) is 16.0 Å². The van der Waals surface area contributed by atoms with Crippen molar-refractivity contribution < 1.29 is 33.7 Å². The van der Waals surface area contributed by atoms with Crippen LogP contribution in [0.25, 0.3) is 16.0 Å². The normalized spacial score (nSPS) is 19.3. The lowest BCUT2D eigenvalue weighted by Gasteiger charge is -2.23. The van der Waals surface area contributed by atoms with E-state index in [1.54, 1.807) is 54.6 Å². The first-order valence-corrected chi connectivity index (χ1v) is 13.9. The zero-order valence-corrected chi connectivity index (χ0v) is 23.4. The molecule has 9 nitrogen and oxygen atoms in total. The van der Waals surface area contributed by atoms with Gasteiger partial charge in [0.05, 0.1) is 41.1 Å². The van der Waals surface area contributed by atoms with Crippen molar-refractivity contribution in [3.8, 4) is 11.5 Å². The van der Waals surface area contributed by atoms with Crippen LogP contribution in [0, 0.1) is 0 Å². The molecule has 1 N–H and O–H groups in total. The Morgan fingerprint density at radius 2 is 1.85 bits per heavy atom.